The number of carbonyl (C=O) groups is 2. The van der Waals surface area contributed by atoms with Crippen LogP contribution in [0.25, 0.3) is 11.2 Å². The summed E-state index contributed by atoms with van der Waals surface area (Å²) in [7, 11) is 0. The van der Waals surface area contributed by atoms with E-state index in [9.17, 15) is 9.59 Å². The molecule has 166 valence electrons. The molecule has 2 aromatic heterocycles. The molecule has 0 N–H and O–H groups in total. The summed E-state index contributed by atoms with van der Waals surface area (Å²) in [6.07, 6.45) is 7.02. The Labute approximate surface area is 188 Å². The second-order valence-corrected chi connectivity index (χ2v) is 8.72. The van der Waals surface area contributed by atoms with Crippen molar-refractivity contribution in [2.45, 2.75) is 51.5 Å². The fourth-order valence-electron chi connectivity index (χ4n) is 5.00. The van der Waals surface area contributed by atoms with E-state index in [0.29, 0.717) is 31.1 Å². The van der Waals surface area contributed by atoms with Crippen molar-refractivity contribution in [3.63, 3.8) is 0 Å². The SMILES string of the molecule is CCCc1nc2cccnc2n1C1CCN(C(=O)c2cccc(N3CCCC3=O)c2)CC1. The summed E-state index contributed by atoms with van der Waals surface area (Å²) in [5.74, 6) is 1.27. The van der Waals surface area contributed by atoms with E-state index in [1.807, 2.05) is 47.5 Å². The topological polar surface area (TPSA) is 71.3 Å². The van der Waals surface area contributed by atoms with E-state index >= 15 is 0 Å². The molecule has 32 heavy (non-hydrogen) atoms. The second kappa shape index (κ2) is 8.73. The lowest BCUT2D eigenvalue weighted by molar-refractivity contribution is -0.117. The molecule has 0 atom stereocenters. The molecule has 4 heterocycles. The number of benzene rings is 1. The average molecular weight is 432 g/mol. The molecule has 2 fully saturated rings. The number of anilines is 1. The average Bonchev–Trinajstić information content (AvgIpc) is 3.42. The van der Waals surface area contributed by atoms with Gasteiger partial charge in [0.05, 0.1) is 0 Å². The van der Waals surface area contributed by atoms with Gasteiger partial charge in [0, 0.05) is 56.0 Å². The van der Waals surface area contributed by atoms with Crippen molar-refractivity contribution in [1.29, 1.82) is 0 Å². The number of piperidine rings is 1. The highest BCUT2D eigenvalue weighted by Crippen LogP contribution is 2.30. The Bertz CT molecular complexity index is 1150. The monoisotopic (exact) mass is 431 g/mol. The van der Waals surface area contributed by atoms with Crippen LogP contribution in [-0.4, -0.2) is 50.9 Å². The van der Waals surface area contributed by atoms with Gasteiger partial charge in [0.25, 0.3) is 5.91 Å². The normalized spacial score (nSPS) is 17.5. The zero-order valence-corrected chi connectivity index (χ0v) is 18.5. The Morgan fingerprint density at radius 3 is 2.72 bits per heavy atom. The van der Waals surface area contributed by atoms with Crippen LogP contribution >= 0.6 is 0 Å². The van der Waals surface area contributed by atoms with Crippen molar-refractivity contribution in [3.05, 3.63) is 54.0 Å². The molecule has 0 unspecified atom stereocenters. The smallest absolute Gasteiger partial charge is 0.253 e. The van der Waals surface area contributed by atoms with E-state index in [2.05, 4.69) is 16.5 Å². The van der Waals surface area contributed by atoms with Gasteiger partial charge in [0.15, 0.2) is 5.65 Å². The van der Waals surface area contributed by atoms with E-state index in [4.69, 9.17) is 4.98 Å². The first kappa shape index (κ1) is 20.7. The zero-order valence-electron chi connectivity index (χ0n) is 18.5. The number of fused-ring (bicyclic) bond motifs is 1. The van der Waals surface area contributed by atoms with Gasteiger partial charge in [-0.1, -0.05) is 13.0 Å². The fraction of sp³-hybridized carbons (Fsp3) is 0.440. The van der Waals surface area contributed by atoms with Crippen molar-refractivity contribution >= 4 is 28.7 Å². The van der Waals surface area contributed by atoms with Crippen LogP contribution in [-0.2, 0) is 11.2 Å². The maximum absolute atomic E-state index is 13.2. The first-order valence-electron chi connectivity index (χ1n) is 11.7. The number of hydrogen-bond acceptors (Lipinski definition) is 4. The van der Waals surface area contributed by atoms with Gasteiger partial charge < -0.3 is 14.4 Å². The molecular weight excluding hydrogens is 402 g/mol. The minimum atomic E-state index is 0.0411. The Morgan fingerprint density at radius 2 is 1.97 bits per heavy atom. The largest absolute Gasteiger partial charge is 0.338 e. The molecule has 0 saturated carbocycles. The van der Waals surface area contributed by atoms with Gasteiger partial charge in [-0.25, -0.2) is 9.97 Å². The van der Waals surface area contributed by atoms with Crippen LogP contribution < -0.4 is 4.90 Å². The number of rotatable bonds is 5. The van der Waals surface area contributed by atoms with Gasteiger partial charge in [0.2, 0.25) is 5.91 Å². The van der Waals surface area contributed by atoms with Gasteiger partial charge in [-0.15, -0.1) is 0 Å². The zero-order chi connectivity index (χ0) is 22.1. The van der Waals surface area contributed by atoms with Gasteiger partial charge in [-0.05, 0) is 56.0 Å². The lowest BCUT2D eigenvalue weighted by Gasteiger charge is -2.33. The molecule has 1 aromatic carbocycles. The Morgan fingerprint density at radius 1 is 1.12 bits per heavy atom. The van der Waals surface area contributed by atoms with E-state index in [0.717, 1.165) is 61.3 Å². The first-order valence-corrected chi connectivity index (χ1v) is 11.7. The van der Waals surface area contributed by atoms with E-state index in [1.54, 1.807) is 4.90 Å². The number of hydrogen-bond donors (Lipinski definition) is 0. The van der Waals surface area contributed by atoms with Crippen LogP contribution in [0.3, 0.4) is 0 Å². The summed E-state index contributed by atoms with van der Waals surface area (Å²) >= 11 is 0. The van der Waals surface area contributed by atoms with Crippen LogP contribution in [0.5, 0.6) is 0 Å². The molecule has 2 aliphatic heterocycles. The Kier molecular flexibility index (Phi) is 5.64. The summed E-state index contributed by atoms with van der Waals surface area (Å²) in [6, 6.07) is 11.8. The van der Waals surface area contributed by atoms with Gasteiger partial charge >= 0.3 is 0 Å². The molecule has 2 saturated heterocycles. The predicted molar refractivity (Wildman–Crippen MR) is 124 cm³/mol. The maximum atomic E-state index is 13.2. The molecule has 7 heteroatoms. The number of pyridine rings is 1. The first-order chi connectivity index (χ1) is 15.7. The molecule has 7 nitrogen and oxygen atoms in total. The van der Waals surface area contributed by atoms with Crippen LogP contribution in [0, 0.1) is 0 Å². The molecule has 0 spiro atoms. The lowest BCUT2D eigenvalue weighted by Crippen LogP contribution is -2.39. The lowest BCUT2D eigenvalue weighted by atomic mass is 10.0. The summed E-state index contributed by atoms with van der Waals surface area (Å²) in [4.78, 5) is 38.5. The quantitative estimate of drug-likeness (QED) is 0.612. The fourth-order valence-corrected chi connectivity index (χ4v) is 5.00. The van der Waals surface area contributed by atoms with Gasteiger partial charge in [0.1, 0.15) is 11.3 Å². The summed E-state index contributed by atoms with van der Waals surface area (Å²) in [5.41, 5.74) is 3.38. The molecule has 0 radical (unpaired) electrons. The Balaban J connectivity index is 1.31. The third kappa shape index (κ3) is 3.76. The molecular formula is C25H29N5O2. The van der Waals surface area contributed by atoms with E-state index in [1.165, 1.54) is 0 Å². The summed E-state index contributed by atoms with van der Waals surface area (Å²) in [6.45, 7) is 4.31. The van der Waals surface area contributed by atoms with Gasteiger partial charge in [-0.3, -0.25) is 9.59 Å². The summed E-state index contributed by atoms with van der Waals surface area (Å²) in [5, 5.41) is 0. The third-order valence-corrected chi connectivity index (χ3v) is 6.59. The van der Waals surface area contributed by atoms with E-state index < -0.39 is 0 Å². The van der Waals surface area contributed by atoms with Crippen molar-refractivity contribution in [2.24, 2.45) is 0 Å². The number of carbonyl (C=O) groups excluding carboxylic acids is 2. The van der Waals surface area contributed by atoms with Crippen molar-refractivity contribution < 1.29 is 9.59 Å². The predicted octanol–water partition coefficient (Wildman–Crippen LogP) is 3.99. The molecule has 2 amide bonds. The standard InChI is InChI=1S/C25H29N5O2/c1-2-6-22-27-21-9-4-13-26-24(21)30(22)19-11-15-28(16-12-19)25(32)18-7-3-8-20(17-18)29-14-5-10-23(29)31/h3-4,7-9,13,17,19H,2,5-6,10-12,14-16H2,1H3. The van der Waals surface area contributed by atoms with Crippen LogP contribution in [0.2, 0.25) is 0 Å². The van der Waals surface area contributed by atoms with Crippen molar-refractivity contribution in [1.82, 2.24) is 19.4 Å². The van der Waals surface area contributed by atoms with E-state index in [-0.39, 0.29) is 11.8 Å². The molecule has 0 aliphatic carbocycles. The highest BCUT2D eigenvalue weighted by atomic mass is 16.2. The molecule has 0 bridgehead atoms. The van der Waals surface area contributed by atoms with Crippen LogP contribution in [0.1, 0.15) is 61.3 Å². The minimum Gasteiger partial charge on any atom is -0.338 e. The highest BCUT2D eigenvalue weighted by Gasteiger charge is 2.28. The van der Waals surface area contributed by atoms with Crippen molar-refractivity contribution in [2.75, 3.05) is 24.5 Å². The second-order valence-electron chi connectivity index (χ2n) is 8.72. The molecule has 5 rings (SSSR count). The number of likely N-dealkylation sites (tertiary alicyclic amines) is 1. The highest BCUT2D eigenvalue weighted by molar-refractivity contribution is 5.99. The minimum absolute atomic E-state index is 0.0411. The number of nitrogens with zero attached hydrogens (tertiary/aromatic N) is 5. The van der Waals surface area contributed by atoms with Crippen molar-refractivity contribution in [3.8, 4) is 0 Å². The third-order valence-electron chi connectivity index (χ3n) is 6.59. The van der Waals surface area contributed by atoms with Crippen LogP contribution in [0.15, 0.2) is 42.6 Å². The molecule has 2 aliphatic rings. The number of amides is 2. The summed E-state index contributed by atoms with van der Waals surface area (Å²) < 4.78 is 2.31. The maximum Gasteiger partial charge on any atom is 0.253 e. The number of aromatic nitrogens is 3. The number of imidazole rings is 1. The van der Waals surface area contributed by atoms with Crippen LogP contribution in [0.4, 0.5) is 5.69 Å². The molecule has 3 aromatic rings. The Hall–Kier alpha value is -3.22. The van der Waals surface area contributed by atoms with Gasteiger partial charge in [-0.2, -0.15) is 0 Å². The number of aryl methyl sites for hydroxylation is 1.